The van der Waals surface area contributed by atoms with Crippen molar-refractivity contribution in [2.75, 3.05) is 23.7 Å². The van der Waals surface area contributed by atoms with Crippen LogP contribution in [-0.2, 0) is 13.0 Å². The van der Waals surface area contributed by atoms with Crippen molar-refractivity contribution >= 4 is 11.6 Å². The molecule has 2 heterocycles. The molecule has 0 amide bonds. The molecule has 2 aromatic heterocycles. The van der Waals surface area contributed by atoms with Gasteiger partial charge in [0.1, 0.15) is 18.0 Å². The first-order chi connectivity index (χ1) is 9.85. The van der Waals surface area contributed by atoms with Crippen molar-refractivity contribution < 1.29 is 0 Å². The second-order valence-electron chi connectivity index (χ2n) is 4.53. The highest BCUT2D eigenvalue weighted by atomic mass is 15.3. The largest absolute Gasteiger partial charge is 0.370 e. The van der Waals surface area contributed by atoms with Crippen LogP contribution in [0.5, 0.6) is 0 Å². The second-order valence-corrected chi connectivity index (χ2v) is 4.53. The van der Waals surface area contributed by atoms with Crippen molar-refractivity contribution in [1.29, 1.82) is 0 Å². The third-order valence-electron chi connectivity index (χ3n) is 3.03. The Morgan fingerprint density at radius 3 is 2.45 bits per heavy atom. The molecule has 6 nitrogen and oxygen atoms in total. The van der Waals surface area contributed by atoms with Crippen molar-refractivity contribution in [3.63, 3.8) is 0 Å². The Morgan fingerprint density at radius 2 is 1.85 bits per heavy atom. The lowest BCUT2D eigenvalue weighted by atomic mass is 10.2. The second kappa shape index (κ2) is 7.47. The maximum absolute atomic E-state index is 4.35. The molecule has 0 saturated carbocycles. The van der Waals surface area contributed by atoms with Gasteiger partial charge in [0.05, 0.1) is 6.54 Å². The summed E-state index contributed by atoms with van der Waals surface area (Å²) in [4.78, 5) is 8.67. The zero-order valence-corrected chi connectivity index (χ0v) is 12.1. The highest BCUT2D eigenvalue weighted by Gasteiger charge is 2.08. The minimum atomic E-state index is 0.791. The molecule has 2 rings (SSSR count). The molecule has 2 N–H and O–H groups in total. The van der Waals surface area contributed by atoms with Gasteiger partial charge in [-0.25, -0.2) is 9.97 Å². The van der Waals surface area contributed by atoms with Crippen LogP contribution in [0.15, 0.2) is 24.8 Å². The van der Waals surface area contributed by atoms with E-state index in [4.69, 9.17) is 0 Å². The lowest BCUT2D eigenvalue weighted by molar-refractivity contribution is 0.636. The van der Waals surface area contributed by atoms with Crippen molar-refractivity contribution in [1.82, 2.24) is 19.7 Å². The van der Waals surface area contributed by atoms with Crippen LogP contribution in [0.4, 0.5) is 11.6 Å². The first-order valence-corrected chi connectivity index (χ1v) is 7.14. The molecule has 0 aliphatic rings. The lowest BCUT2D eigenvalue weighted by Crippen LogP contribution is -2.14. The van der Waals surface area contributed by atoms with Gasteiger partial charge >= 0.3 is 0 Å². The van der Waals surface area contributed by atoms with Crippen LogP contribution in [0.1, 0.15) is 25.8 Å². The zero-order chi connectivity index (χ0) is 14.2. The highest BCUT2D eigenvalue weighted by Crippen LogP contribution is 2.20. The van der Waals surface area contributed by atoms with Gasteiger partial charge in [-0.1, -0.05) is 13.8 Å². The van der Waals surface area contributed by atoms with E-state index in [0.717, 1.165) is 49.7 Å². The third-order valence-corrected chi connectivity index (χ3v) is 3.03. The Morgan fingerprint density at radius 1 is 1.10 bits per heavy atom. The van der Waals surface area contributed by atoms with Gasteiger partial charge < -0.3 is 10.6 Å². The molecule has 0 bridgehead atoms. The minimum absolute atomic E-state index is 0.791. The number of anilines is 2. The van der Waals surface area contributed by atoms with E-state index in [1.54, 1.807) is 12.5 Å². The van der Waals surface area contributed by atoms with Crippen LogP contribution < -0.4 is 10.6 Å². The third kappa shape index (κ3) is 3.69. The van der Waals surface area contributed by atoms with Crippen molar-refractivity contribution in [3.05, 3.63) is 30.4 Å². The van der Waals surface area contributed by atoms with E-state index in [9.17, 15) is 0 Å². The fraction of sp³-hybridized carbons (Fsp3) is 0.500. The van der Waals surface area contributed by atoms with Crippen molar-refractivity contribution in [3.8, 4) is 0 Å². The standard InChI is InChI=1S/C14H22N6/c1-3-6-15-13-12(4-2)14(18-11-17-13)16-8-10-20-9-5-7-19-20/h5,7,9,11H,3-4,6,8,10H2,1-2H3,(H2,15,16,17,18). The molecule has 0 unspecified atom stereocenters. The lowest BCUT2D eigenvalue weighted by Gasteiger charge is -2.14. The van der Waals surface area contributed by atoms with Gasteiger partial charge in [-0.05, 0) is 18.9 Å². The van der Waals surface area contributed by atoms with Crippen LogP contribution >= 0.6 is 0 Å². The van der Waals surface area contributed by atoms with E-state index in [-0.39, 0.29) is 0 Å². The summed E-state index contributed by atoms with van der Waals surface area (Å²) in [6, 6.07) is 1.93. The molecule has 0 saturated heterocycles. The van der Waals surface area contributed by atoms with Gasteiger partial charge in [-0.2, -0.15) is 5.10 Å². The molecule has 0 radical (unpaired) electrons. The van der Waals surface area contributed by atoms with E-state index in [0.29, 0.717) is 0 Å². The topological polar surface area (TPSA) is 67.7 Å². The Balaban J connectivity index is 1.99. The number of nitrogens with one attached hydrogen (secondary N) is 2. The first-order valence-electron chi connectivity index (χ1n) is 7.14. The molecule has 0 spiro atoms. The van der Waals surface area contributed by atoms with E-state index in [2.05, 4.69) is 39.5 Å². The van der Waals surface area contributed by atoms with Crippen LogP contribution in [0.2, 0.25) is 0 Å². The van der Waals surface area contributed by atoms with Crippen molar-refractivity contribution in [2.24, 2.45) is 0 Å². The maximum atomic E-state index is 4.35. The first kappa shape index (κ1) is 14.3. The van der Waals surface area contributed by atoms with Gasteiger partial charge in [0.2, 0.25) is 0 Å². The Labute approximate surface area is 119 Å². The van der Waals surface area contributed by atoms with Gasteiger partial charge in [0.15, 0.2) is 0 Å². The van der Waals surface area contributed by atoms with Gasteiger partial charge in [-0.15, -0.1) is 0 Å². The summed E-state index contributed by atoms with van der Waals surface area (Å²) in [5.41, 5.74) is 1.14. The Hall–Kier alpha value is -2.11. The number of aromatic nitrogens is 4. The summed E-state index contributed by atoms with van der Waals surface area (Å²) in [6.07, 6.45) is 7.32. The number of hydrogen-bond donors (Lipinski definition) is 2. The Bertz CT molecular complexity index is 508. The molecular formula is C14H22N6. The average molecular weight is 274 g/mol. The van der Waals surface area contributed by atoms with E-state index < -0.39 is 0 Å². The predicted molar refractivity (Wildman–Crippen MR) is 80.9 cm³/mol. The normalized spacial score (nSPS) is 10.5. The summed E-state index contributed by atoms with van der Waals surface area (Å²) in [7, 11) is 0. The molecule has 0 aromatic carbocycles. The molecule has 0 fully saturated rings. The molecule has 6 heteroatoms. The summed E-state index contributed by atoms with van der Waals surface area (Å²) in [5, 5.41) is 10.9. The number of hydrogen-bond acceptors (Lipinski definition) is 5. The highest BCUT2D eigenvalue weighted by molar-refractivity contribution is 5.57. The Kier molecular flexibility index (Phi) is 5.34. The minimum Gasteiger partial charge on any atom is -0.370 e. The van der Waals surface area contributed by atoms with E-state index in [1.165, 1.54) is 0 Å². The fourth-order valence-electron chi connectivity index (χ4n) is 2.02. The smallest absolute Gasteiger partial charge is 0.134 e. The SMILES string of the molecule is CCCNc1ncnc(NCCn2cccn2)c1CC. The summed E-state index contributed by atoms with van der Waals surface area (Å²) in [5.74, 6) is 1.85. The van der Waals surface area contributed by atoms with Crippen LogP contribution in [0.3, 0.4) is 0 Å². The molecule has 108 valence electrons. The molecule has 0 aliphatic heterocycles. The number of rotatable bonds is 8. The molecule has 0 aliphatic carbocycles. The van der Waals surface area contributed by atoms with Crippen LogP contribution in [0, 0.1) is 0 Å². The average Bonchev–Trinajstić information content (AvgIpc) is 2.98. The number of nitrogens with zero attached hydrogens (tertiary/aromatic N) is 4. The summed E-state index contributed by atoms with van der Waals surface area (Å²) in [6.45, 7) is 6.80. The van der Waals surface area contributed by atoms with Gasteiger partial charge in [0, 0.05) is 31.0 Å². The van der Waals surface area contributed by atoms with Gasteiger partial charge in [0.25, 0.3) is 0 Å². The van der Waals surface area contributed by atoms with Gasteiger partial charge in [-0.3, -0.25) is 4.68 Å². The zero-order valence-electron chi connectivity index (χ0n) is 12.1. The van der Waals surface area contributed by atoms with E-state index in [1.807, 2.05) is 16.9 Å². The fourth-order valence-corrected chi connectivity index (χ4v) is 2.02. The van der Waals surface area contributed by atoms with Crippen molar-refractivity contribution in [2.45, 2.75) is 33.2 Å². The predicted octanol–water partition coefficient (Wildman–Crippen LogP) is 2.17. The molecular weight excluding hydrogens is 252 g/mol. The van der Waals surface area contributed by atoms with E-state index >= 15 is 0 Å². The molecule has 2 aromatic rings. The molecule has 0 atom stereocenters. The quantitative estimate of drug-likeness (QED) is 0.772. The molecule has 20 heavy (non-hydrogen) atoms. The summed E-state index contributed by atoms with van der Waals surface area (Å²) < 4.78 is 1.90. The summed E-state index contributed by atoms with van der Waals surface area (Å²) >= 11 is 0. The monoisotopic (exact) mass is 274 g/mol. The van der Waals surface area contributed by atoms with Crippen LogP contribution in [0.25, 0.3) is 0 Å². The maximum Gasteiger partial charge on any atom is 0.134 e. The van der Waals surface area contributed by atoms with Crippen LogP contribution in [-0.4, -0.2) is 32.8 Å².